The molecule has 2 aromatic heterocycles. The summed E-state index contributed by atoms with van der Waals surface area (Å²) >= 11 is 0. The predicted octanol–water partition coefficient (Wildman–Crippen LogP) is 2.12. The highest BCUT2D eigenvalue weighted by atomic mass is 19.1. The van der Waals surface area contributed by atoms with Gasteiger partial charge in [-0.3, -0.25) is 0 Å². The van der Waals surface area contributed by atoms with Crippen molar-refractivity contribution < 1.29 is 13.9 Å². The SMILES string of the molecule is COCOCc1cc2c(N)nc(N)nc2nc1-c1ccc(F)cc1. The van der Waals surface area contributed by atoms with Crippen molar-refractivity contribution in [2.75, 3.05) is 25.4 Å². The number of hydrogen-bond acceptors (Lipinski definition) is 7. The van der Waals surface area contributed by atoms with E-state index in [1.807, 2.05) is 0 Å². The molecule has 7 nitrogen and oxygen atoms in total. The molecule has 24 heavy (non-hydrogen) atoms. The molecular formula is C16H16FN5O2. The van der Waals surface area contributed by atoms with E-state index < -0.39 is 0 Å². The van der Waals surface area contributed by atoms with E-state index in [0.717, 1.165) is 11.1 Å². The van der Waals surface area contributed by atoms with Crippen LogP contribution in [-0.4, -0.2) is 28.9 Å². The minimum atomic E-state index is -0.326. The molecule has 0 aliphatic heterocycles. The number of hydrogen-bond donors (Lipinski definition) is 2. The van der Waals surface area contributed by atoms with Gasteiger partial charge >= 0.3 is 0 Å². The number of fused-ring (bicyclic) bond motifs is 1. The van der Waals surface area contributed by atoms with Crippen LogP contribution >= 0.6 is 0 Å². The summed E-state index contributed by atoms with van der Waals surface area (Å²) in [6, 6.07) is 7.80. The molecule has 0 amide bonds. The number of benzene rings is 1. The number of nitrogens with zero attached hydrogens (tertiary/aromatic N) is 3. The predicted molar refractivity (Wildman–Crippen MR) is 88.2 cm³/mol. The van der Waals surface area contributed by atoms with Crippen LogP contribution in [0.15, 0.2) is 30.3 Å². The van der Waals surface area contributed by atoms with Crippen molar-refractivity contribution in [1.82, 2.24) is 15.0 Å². The second kappa shape index (κ2) is 6.73. The van der Waals surface area contributed by atoms with Crippen LogP contribution in [0.5, 0.6) is 0 Å². The molecule has 0 fully saturated rings. The van der Waals surface area contributed by atoms with Gasteiger partial charge in [0.15, 0.2) is 5.65 Å². The maximum Gasteiger partial charge on any atom is 0.224 e. The first-order valence-electron chi connectivity index (χ1n) is 7.13. The normalized spacial score (nSPS) is 11.1. The fourth-order valence-electron chi connectivity index (χ4n) is 2.34. The lowest BCUT2D eigenvalue weighted by atomic mass is 10.0. The Morgan fingerprint density at radius 2 is 1.83 bits per heavy atom. The molecule has 0 bridgehead atoms. The Morgan fingerprint density at radius 3 is 2.54 bits per heavy atom. The Hall–Kier alpha value is -2.84. The van der Waals surface area contributed by atoms with Crippen molar-refractivity contribution in [2.45, 2.75) is 6.61 Å². The Labute approximate surface area is 137 Å². The monoisotopic (exact) mass is 329 g/mol. The number of rotatable bonds is 5. The number of nitrogen functional groups attached to an aromatic ring is 2. The van der Waals surface area contributed by atoms with Gasteiger partial charge in [-0.1, -0.05) is 0 Å². The van der Waals surface area contributed by atoms with Gasteiger partial charge in [-0.2, -0.15) is 9.97 Å². The highest BCUT2D eigenvalue weighted by Gasteiger charge is 2.13. The minimum Gasteiger partial charge on any atom is -0.383 e. The maximum absolute atomic E-state index is 13.2. The quantitative estimate of drug-likeness (QED) is 0.545. The highest BCUT2D eigenvalue weighted by molar-refractivity contribution is 5.89. The third-order valence-corrected chi connectivity index (χ3v) is 3.39. The fraction of sp³-hybridized carbons (Fsp3) is 0.188. The van der Waals surface area contributed by atoms with Crippen molar-refractivity contribution >= 4 is 22.8 Å². The van der Waals surface area contributed by atoms with Crippen LogP contribution < -0.4 is 11.5 Å². The summed E-state index contributed by atoms with van der Waals surface area (Å²) in [4.78, 5) is 12.6. The van der Waals surface area contributed by atoms with Gasteiger partial charge in [-0.05, 0) is 30.3 Å². The number of methoxy groups -OCH3 is 1. The lowest BCUT2D eigenvalue weighted by Crippen LogP contribution is -2.05. The van der Waals surface area contributed by atoms with Crippen molar-refractivity contribution in [1.29, 1.82) is 0 Å². The lowest BCUT2D eigenvalue weighted by molar-refractivity contribution is -0.0389. The lowest BCUT2D eigenvalue weighted by Gasteiger charge is -2.12. The molecule has 124 valence electrons. The largest absolute Gasteiger partial charge is 0.383 e. The molecule has 0 unspecified atom stereocenters. The Balaban J connectivity index is 2.15. The first-order chi connectivity index (χ1) is 11.6. The molecule has 0 saturated carbocycles. The number of pyridine rings is 1. The summed E-state index contributed by atoms with van der Waals surface area (Å²) in [6.07, 6.45) is 0. The molecule has 4 N–H and O–H groups in total. The number of ether oxygens (including phenoxy) is 2. The van der Waals surface area contributed by atoms with Gasteiger partial charge in [-0.25, -0.2) is 9.37 Å². The summed E-state index contributed by atoms with van der Waals surface area (Å²) in [5.41, 5.74) is 14.0. The van der Waals surface area contributed by atoms with Crippen LogP contribution in [0.4, 0.5) is 16.2 Å². The van der Waals surface area contributed by atoms with Gasteiger partial charge in [0.05, 0.1) is 17.7 Å². The van der Waals surface area contributed by atoms with E-state index in [2.05, 4.69) is 15.0 Å². The van der Waals surface area contributed by atoms with Crippen molar-refractivity contribution in [3.63, 3.8) is 0 Å². The van der Waals surface area contributed by atoms with Gasteiger partial charge in [0, 0.05) is 18.2 Å². The van der Waals surface area contributed by atoms with Crippen LogP contribution in [0.1, 0.15) is 5.56 Å². The second-order valence-electron chi connectivity index (χ2n) is 5.10. The first-order valence-corrected chi connectivity index (χ1v) is 7.13. The second-order valence-corrected chi connectivity index (χ2v) is 5.10. The zero-order chi connectivity index (χ0) is 17.1. The summed E-state index contributed by atoms with van der Waals surface area (Å²) < 4.78 is 23.5. The van der Waals surface area contributed by atoms with E-state index in [4.69, 9.17) is 20.9 Å². The summed E-state index contributed by atoms with van der Waals surface area (Å²) in [5.74, 6) is -0.0443. The molecular weight excluding hydrogens is 313 g/mol. The van der Waals surface area contributed by atoms with E-state index in [1.165, 1.54) is 19.2 Å². The Morgan fingerprint density at radius 1 is 1.08 bits per heavy atom. The zero-order valence-corrected chi connectivity index (χ0v) is 13.0. The van der Waals surface area contributed by atoms with E-state index in [-0.39, 0.29) is 31.0 Å². The smallest absolute Gasteiger partial charge is 0.224 e. The molecule has 2 heterocycles. The minimum absolute atomic E-state index is 0.0425. The van der Waals surface area contributed by atoms with Crippen LogP contribution in [-0.2, 0) is 16.1 Å². The van der Waals surface area contributed by atoms with Crippen LogP contribution in [0.3, 0.4) is 0 Å². The summed E-state index contributed by atoms with van der Waals surface area (Å²) in [6.45, 7) is 0.377. The number of halogens is 1. The van der Waals surface area contributed by atoms with E-state index >= 15 is 0 Å². The fourth-order valence-corrected chi connectivity index (χ4v) is 2.34. The molecule has 0 aliphatic rings. The van der Waals surface area contributed by atoms with Crippen molar-refractivity contribution in [3.8, 4) is 11.3 Å². The number of anilines is 2. The summed E-state index contributed by atoms with van der Waals surface area (Å²) in [7, 11) is 1.54. The van der Waals surface area contributed by atoms with E-state index in [0.29, 0.717) is 16.7 Å². The van der Waals surface area contributed by atoms with Gasteiger partial charge in [-0.15, -0.1) is 0 Å². The number of nitrogens with two attached hydrogens (primary N) is 2. The molecule has 0 aliphatic carbocycles. The Kier molecular flexibility index (Phi) is 4.50. The maximum atomic E-state index is 13.2. The van der Waals surface area contributed by atoms with Gasteiger partial charge < -0.3 is 20.9 Å². The Bertz CT molecular complexity index is 870. The zero-order valence-electron chi connectivity index (χ0n) is 13.0. The van der Waals surface area contributed by atoms with Crippen molar-refractivity contribution in [3.05, 3.63) is 41.7 Å². The topological polar surface area (TPSA) is 109 Å². The molecule has 0 saturated heterocycles. The molecule has 3 rings (SSSR count). The van der Waals surface area contributed by atoms with Gasteiger partial charge in [0.1, 0.15) is 18.4 Å². The van der Waals surface area contributed by atoms with Crippen molar-refractivity contribution in [2.24, 2.45) is 0 Å². The third-order valence-electron chi connectivity index (χ3n) is 3.39. The van der Waals surface area contributed by atoms with Gasteiger partial charge in [0.25, 0.3) is 0 Å². The van der Waals surface area contributed by atoms with E-state index in [1.54, 1.807) is 18.2 Å². The van der Waals surface area contributed by atoms with Crippen LogP contribution in [0, 0.1) is 5.82 Å². The molecule has 1 aromatic carbocycles. The molecule has 0 atom stereocenters. The number of aromatic nitrogens is 3. The van der Waals surface area contributed by atoms with E-state index in [9.17, 15) is 4.39 Å². The third kappa shape index (κ3) is 3.24. The molecule has 8 heteroatoms. The average Bonchev–Trinajstić information content (AvgIpc) is 2.56. The molecule has 0 spiro atoms. The van der Waals surface area contributed by atoms with Crippen LogP contribution in [0.2, 0.25) is 0 Å². The molecule has 0 radical (unpaired) electrons. The standard InChI is InChI=1S/C16H16FN5O2/c1-23-8-24-7-10-6-12-14(18)21-16(19)22-15(12)20-13(10)9-2-4-11(17)5-3-9/h2-6H,7-8H2,1H3,(H4,18,19,20,21,22). The highest BCUT2D eigenvalue weighted by Crippen LogP contribution is 2.28. The van der Waals surface area contributed by atoms with Gasteiger partial charge in [0.2, 0.25) is 5.95 Å². The van der Waals surface area contributed by atoms with Crippen LogP contribution in [0.25, 0.3) is 22.3 Å². The summed E-state index contributed by atoms with van der Waals surface area (Å²) in [5, 5.41) is 0.575. The average molecular weight is 329 g/mol. The first kappa shape index (κ1) is 16.0. The molecule has 3 aromatic rings.